The number of hydrogen-bond donors (Lipinski definition) is 3. The Hall–Kier alpha value is -2.36. The summed E-state index contributed by atoms with van der Waals surface area (Å²) < 4.78 is 4.49. The molecule has 1 atom stereocenters. The summed E-state index contributed by atoms with van der Waals surface area (Å²) in [5.41, 5.74) is 0.133. The molecular formula is C10H10N4O5S. The van der Waals surface area contributed by atoms with Crippen LogP contribution in [0.2, 0.25) is 0 Å². The molecule has 2 aromatic rings. The first-order chi connectivity index (χ1) is 9.54. The monoisotopic (exact) mass is 298 g/mol. The van der Waals surface area contributed by atoms with Crippen LogP contribution in [0.3, 0.4) is 0 Å². The van der Waals surface area contributed by atoms with Crippen molar-refractivity contribution >= 4 is 41.0 Å². The fourth-order valence-corrected chi connectivity index (χ4v) is 1.95. The number of nitrogens with one attached hydrogen (secondary N) is 1. The van der Waals surface area contributed by atoms with Crippen LogP contribution in [0.1, 0.15) is 6.42 Å². The normalized spacial score (nSPS) is 12.2. The molecule has 2 N–H and O–H groups in total. The minimum atomic E-state index is -1.05. The number of nitrogens with zero attached hydrogens (tertiary/aromatic N) is 3. The van der Waals surface area contributed by atoms with Gasteiger partial charge in [-0.3, -0.25) is 10.1 Å². The summed E-state index contributed by atoms with van der Waals surface area (Å²) >= 11 is 3.99. The van der Waals surface area contributed by atoms with Gasteiger partial charge in [0, 0.05) is 6.07 Å². The number of carboxylic acid groups (broad SMARTS) is 1. The Morgan fingerprint density at radius 1 is 1.50 bits per heavy atom. The number of non-ortho nitro benzene ring substituents is 1. The average Bonchev–Trinajstić information content (AvgIpc) is 2.87. The van der Waals surface area contributed by atoms with E-state index in [1.165, 1.54) is 12.1 Å². The highest BCUT2D eigenvalue weighted by Gasteiger charge is 2.23. The zero-order chi connectivity index (χ0) is 14.7. The highest BCUT2D eigenvalue weighted by Crippen LogP contribution is 2.29. The SMILES string of the molecule is O=C(O)[C@H](CCS)Nc1ccc([N+](=O)[O-])c2nonc12. The molecule has 1 aromatic carbocycles. The fourth-order valence-electron chi connectivity index (χ4n) is 1.69. The van der Waals surface area contributed by atoms with Crippen LogP contribution in [0.5, 0.6) is 0 Å². The molecule has 106 valence electrons. The second kappa shape index (κ2) is 5.74. The van der Waals surface area contributed by atoms with Gasteiger partial charge in [-0.25, -0.2) is 9.42 Å². The van der Waals surface area contributed by atoms with Gasteiger partial charge in [-0.15, -0.1) is 0 Å². The van der Waals surface area contributed by atoms with Crippen LogP contribution < -0.4 is 5.32 Å². The second-order valence-electron chi connectivity index (χ2n) is 3.90. The van der Waals surface area contributed by atoms with E-state index < -0.39 is 16.9 Å². The third kappa shape index (κ3) is 2.64. The third-order valence-electron chi connectivity index (χ3n) is 2.64. The number of fused-ring (bicyclic) bond motifs is 1. The van der Waals surface area contributed by atoms with E-state index in [2.05, 4.69) is 32.9 Å². The van der Waals surface area contributed by atoms with Gasteiger partial charge in [0.05, 0.1) is 10.6 Å². The number of thiol groups is 1. The number of rotatable bonds is 6. The van der Waals surface area contributed by atoms with E-state index in [1.807, 2.05) is 0 Å². The van der Waals surface area contributed by atoms with E-state index in [-0.39, 0.29) is 23.1 Å². The van der Waals surface area contributed by atoms with Crippen LogP contribution in [-0.2, 0) is 4.79 Å². The maximum Gasteiger partial charge on any atom is 0.326 e. The molecule has 0 aliphatic rings. The maximum atomic E-state index is 11.1. The molecule has 1 aromatic heterocycles. The van der Waals surface area contributed by atoms with Gasteiger partial charge in [-0.05, 0) is 28.6 Å². The number of carbonyl (C=O) groups is 1. The molecule has 0 unspecified atom stereocenters. The largest absolute Gasteiger partial charge is 0.480 e. The summed E-state index contributed by atoms with van der Waals surface area (Å²) in [7, 11) is 0. The number of hydrogen-bond acceptors (Lipinski definition) is 8. The summed E-state index contributed by atoms with van der Waals surface area (Å²) in [6.45, 7) is 0. The maximum absolute atomic E-state index is 11.1. The first kappa shape index (κ1) is 14.1. The number of nitro benzene ring substituents is 1. The molecule has 0 saturated carbocycles. The lowest BCUT2D eigenvalue weighted by Crippen LogP contribution is -2.29. The molecule has 0 aliphatic heterocycles. The molecule has 1 heterocycles. The predicted molar refractivity (Wildman–Crippen MR) is 72.0 cm³/mol. The summed E-state index contributed by atoms with van der Waals surface area (Å²) in [5, 5.41) is 29.7. The highest BCUT2D eigenvalue weighted by molar-refractivity contribution is 7.80. The number of aromatic nitrogens is 2. The van der Waals surface area contributed by atoms with E-state index in [0.717, 1.165) is 0 Å². The molecule has 0 aliphatic carbocycles. The Kier molecular flexibility index (Phi) is 4.03. The first-order valence-electron chi connectivity index (χ1n) is 5.54. The molecule has 0 radical (unpaired) electrons. The predicted octanol–water partition coefficient (Wildman–Crippen LogP) is 1.32. The topological polar surface area (TPSA) is 131 Å². The van der Waals surface area contributed by atoms with Gasteiger partial charge in [0.1, 0.15) is 6.04 Å². The molecule has 0 bridgehead atoms. The molecule has 10 heteroatoms. The van der Waals surface area contributed by atoms with E-state index >= 15 is 0 Å². The van der Waals surface area contributed by atoms with E-state index in [4.69, 9.17) is 5.11 Å². The van der Waals surface area contributed by atoms with E-state index in [9.17, 15) is 14.9 Å². The number of aliphatic carboxylic acids is 1. The summed E-state index contributed by atoms with van der Waals surface area (Å²) in [5.74, 6) is -0.682. The quantitative estimate of drug-likeness (QED) is 0.413. The van der Waals surface area contributed by atoms with Crippen molar-refractivity contribution in [3.63, 3.8) is 0 Å². The van der Waals surface area contributed by atoms with Gasteiger partial charge >= 0.3 is 11.7 Å². The van der Waals surface area contributed by atoms with Crippen LogP contribution in [0.15, 0.2) is 16.8 Å². The molecular weight excluding hydrogens is 288 g/mol. The van der Waals surface area contributed by atoms with Crippen molar-refractivity contribution in [1.82, 2.24) is 10.3 Å². The van der Waals surface area contributed by atoms with Crippen molar-refractivity contribution in [2.24, 2.45) is 0 Å². The number of anilines is 1. The Labute approximate surface area is 117 Å². The lowest BCUT2D eigenvalue weighted by molar-refractivity contribution is -0.383. The Bertz CT molecular complexity index is 658. The molecule has 9 nitrogen and oxygen atoms in total. The van der Waals surface area contributed by atoms with Gasteiger partial charge < -0.3 is 10.4 Å². The van der Waals surface area contributed by atoms with Crippen molar-refractivity contribution in [3.8, 4) is 0 Å². The molecule has 0 spiro atoms. The summed E-state index contributed by atoms with van der Waals surface area (Å²) in [4.78, 5) is 21.3. The van der Waals surface area contributed by atoms with Crippen molar-refractivity contribution < 1.29 is 19.5 Å². The Balaban J connectivity index is 2.40. The molecule has 20 heavy (non-hydrogen) atoms. The van der Waals surface area contributed by atoms with Crippen LogP contribution in [0.25, 0.3) is 11.0 Å². The van der Waals surface area contributed by atoms with Gasteiger partial charge in [0.25, 0.3) is 0 Å². The van der Waals surface area contributed by atoms with Crippen LogP contribution in [0.4, 0.5) is 11.4 Å². The summed E-state index contributed by atoms with van der Waals surface area (Å²) in [6.07, 6.45) is 0.280. The average molecular weight is 298 g/mol. The van der Waals surface area contributed by atoms with Gasteiger partial charge in [-0.2, -0.15) is 12.6 Å². The van der Waals surface area contributed by atoms with Gasteiger partial charge in [-0.1, -0.05) is 0 Å². The first-order valence-corrected chi connectivity index (χ1v) is 6.17. The Morgan fingerprint density at radius 3 is 2.80 bits per heavy atom. The highest BCUT2D eigenvalue weighted by atomic mass is 32.1. The lowest BCUT2D eigenvalue weighted by Gasteiger charge is -2.14. The second-order valence-corrected chi connectivity index (χ2v) is 4.35. The smallest absolute Gasteiger partial charge is 0.326 e. The van der Waals surface area contributed by atoms with Gasteiger partial charge in [0.2, 0.25) is 5.52 Å². The van der Waals surface area contributed by atoms with Crippen LogP contribution in [-0.4, -0.2) is 38.1 Å². The fraction of sp³-hybridized carbons (Fsp3) is 0.300. The molecule has 0 fully saturated rings. The van der Waals surface area contributed by atoms with Gasteiger partial charge in [0.15, 0.2) is 5.52 Å². The Morgan fingerprint density at radius 2 is 2.20 bits per heavy atom. The van der Waals surface area contributed by atoms with E-state index in [0.29, 0.717) is 11.4 Å². The minimum absolute atomic E-state index is 0.0324. The van der Waals surface area contributed by atoms with Crippen molar-refractivity contribution in [2.45, 2.75) is 12.5 Å². The molecule has 0 saturated heterocycles. The molecule has 2 rings (SSSR count). The summed E-state index contributed by atoms with van der Waals surface area (Å²) in [6, 6.07) is 1.71. The lowest BCUT2D eigenvalue weighted by atomic mass is 10.2. The standard InChI is InChI=1S/C10H10N4O5S/c15-10(16)6(3-4-20)11-5-1-2-7(14(17)18)9-8(5)12-19-13-9/h1-2,6,11,20H,3-4H2,(H,15,16)/t6-/m0/s1. The van der Waals surface area contributed by atoms with Crippen molar-refractivity contribution in [2.75, 3.05) is 11.1 Å². The van der Waals surface area contributed by atoms with Crippen molar-refractivity contribution in [3.05, 3.63) is 22.2 Å². The molecule has 0 amide bonds. The number of carboxylic acids is 1. The van der Waals surface area contributed by atoms with E-state index in [1.54, 1.807) is 0 Å². The van der Waals surface area contributed by atoms with Crippen LogP contribution >= 0.6 is 12.6 Å². The van der Waals surface area contributed by atoms with Crippen molar-refractivity contribution in [1.29, 1.82) is 0 Å². The minimum Gasteiger partial charge on any atom is -0.480 e. The zero-order valence-electron chi connectivity index (χ0n) is 10.0. The third-order valence-corrected chi connectivity index (χ3v) is 2.89. The number of nitro groups is 1. The van der Waals surface area contributed by atoms with Crippen LogP contribution in [0, 0.1) is 10.1 Å². The number of benzene rings is 1. The zero-order valence-corrected chi connectivity index (χ0v) is 10.9.